The Morgan fingerprint density at radius 3 is 1.47 bits per heavy atom. The zero-order chi connectivity index (χ0) is 87.9. The molecule has 17 atom stereocenters. The number of benzene rings is 1. The van der Waals surface area contributed by atoms with Crippen LogP contribution in [0.2, 0.25) is 0 Å². The Labute approximate surface area is 695 Å². The summed E-state index contributed by atoms with van der Waals surface area (Å²) in [4.78, 5) is 284. The van der Waals surface area contributed by atoms with E-state index in [4.69, 9.17) is 22.9 Å². The molecular formula is C71H108N20O23S4. The van der Waals surface area contributed by atoms with Gasteiger partial charge >= 0.3 is 5.97 Å². The van der Waals surface area contributed by atoms with Crippen molar-refractivity contribution in [1.82, 2.24) is 84.2 Å². The monoisotopic (exact) mass is 1740 g/mol. The summed E-state index contributed by atoms with van der Waals surface area (Å²) in [6.07, 6.45) is -2.85. The maximum Gasteiger partial charge on any atom is 0.327 e. The average molecular weight is 1740 g/mol. The lowest BCUT2D eigenvalue weighted by Crippen LogP contribution is -2.62. The third kappa shape index (κ3) is 30.7. The number of primary amides is 3. The van der Waals surface area contributed by atoms with Crippen molar-refractivity contribution in [2.24, 2.45) is 40.7 Å². The lowest BCUT2D eigenvalue weighted by atomic mass is 9.97. The number of hydrogen-bond acceptors (Lipinski definition) is 27. The highest BCUT2D eigenvalue weighted by molar-refractivity contribution is 8.77. The van der Waals surface area contributed by atoms with Crippen LogP contribution in [0, 0.1) is 17.8 Å². The van der Waals surface area contributed by atoms with Gasteiger partial charge in [-0.1, -0.05) is 121 Å². The van der Waals surface area contributed by atoms with Crippen molar-refractivity contribution in [2.45, 2.75) is 209 Å². The molecule has 4 saturated heterocycles. The maximum atomic E-state index is 15.1. The second kappa shape index (κ2) is 48.1. The van der Waals surface area contributed by atoms with Crippen molar-refractivity contribution in [3.63, 3.8) is 0 Å². The topological polar surface area (TPSA) is 681 Å². The van der Waals surface area contributed by atoms with E-state index in [0.717, 1.165) is 31.4 Å². The average Bonchev–Trinajstić information content (AvgIpc) is 1.54. The quantitative estimate of drug-likeness (QED) is 0.0539. The highest BCUT2D eigenvalue weighted by Gasteiger charge is 2.45. The van der Waals surface area contributed by atoms with Crippen LogP contribution < -0.4 is 97.4 Å². The zero-order valence-electron chi connectivity index (χ0n) is 66.1. The third-order valence-corrected chi connectivity index (χ3v) is 24.1. The summed E-state index contributed by atoms with van der Waals surface area (Å²) in [5, 5.41) is 65.0. The van der Waals surface area contributed by atoms with Gasteiger partial charge in [0.25, 0.3) is 0 Å². The van der Waals surface area contributed by atoms with Gasteiger partial charge in [-0.05, 0) is 62.3 Å². The zero-order valence-corrected chi connectivity index (χ0v) is 69.4. The van der Waals surface area contributed by atoms with E-state index in [1.807, 2.05) is 0 Å². The van der Waals surface area contributed by atoms with Crippen LogP contribution in [0.5, 0.6) is 0 Å². The van der Waals surface area contributed by atoms with E-state index in [-0.39, 0.29) is 58.0 Å². The number of aliphatic hydroxyl groups excluding tert-OH is 2. The standard InChI is InChI=1S/C71H108N20O23S4/c1-8-34(6)55-68(110)87-47(71(113)114)31-118-117-30-46-64(106)84-43(27-93)61(103)83-42(24-52(75)96)70(112)90-18-12-16-48(90)65(107)77-35(7)56(98)85-45(29-116-115-28-44(62(104)86-46)78-53(97)25-76-57(99)37(72)26-92)63(105)79-39(21-36-14-10-9-11-15-36)59(101)88-54(33(4)5)67(109)81-38(20-32(2)3)58(100)82-41(23-51(74)95)69(111)91-19-13-17-49(91)66(108)80-40(22-50(73)94)60(102)89-55/h9-11,14-15,32-35,37-49,54-55,92-93H,8,12-13,16-31,72H2,1-7H3,(H2,73,94)(H2,74,95)(H2,75,96)(H,76,99)(H,77,107)(H,78,97)(H,79,105)(H,80,108)(H,81,109)(H,82,100)(H,83,103)(H,84,106)(H,85,98)(H,86,104)(H,87,110)(H,88,101)(H,89,102)(H,113,114)/t34-,35-,37-,38-,39-,40-,41-,42-,43-,44-,45-,46-,47-,48-,49-,54-,55-/m0/s1. The number of carboxylic acid groups (broad SMARTS) is 1. The molecule has 43 nitrogen and oxygen atoms in total. The van der Waals surface area contributed by atoms with Crippen molar-refractivity contribution in [3.05, 3.63) is 35.9 Å². The van der Waals surface area contributed by atoms with Crippen molar-refractivity contribution >= 4 is 161 Å². The number of carbonyl (C=O) groups excluding carboxylic acids is 19. The predicted octanol–water partition coefficient (Wildman–Crippen LogP) is -8.79. The lowest BCUT2D eigenvalue weighted by molar-refractivity contribution is -0.144. The summed E-state index contributed by atoms with van der Waals surface area (Å²) in [6, 6.07) is -19.1. The molecule has 0 aromatic heterocycles. The summed E-state index contributed by atoms with van der Waals surface area (Å²) in [7, 11) is 2.84. The van der Waals surface area contributed by atoms with E-state index in [1.165, 1.54) is 27.7 Å². The second-order valence-electron chi connectivity index (χ2n) is 29.4. The molecule has 0 spiro atoms. The van der Waals surface area contributed by atoms with Gasteiger partial charge in [-0.25, -0.2) is 4.79 Å². The molecule has 5 rings (SSSR count). The van der Waals surface area contributed by atoms with E-state index in [9.17, 15) is 102 Å². The van der Waals surface area contributed by atoms with Crippen molar-refractivity contribution in [1.29, 1.82) is 0 Å². The largest absolute Gasteiger partial charge is 0.480 e. The predicted molar refractivity (Wildman–Crippen MR) is 428 cm³/mol. The number of nitrogens with two attached hydrogens (primary N) is 4. The van der Waals surface area contributed by atoms with Gasteiger partial charge in [-0.2, -0.15) is 0 Å². The number of aliphatic carboxylic acids is 1. The van der Waals surface area contributed by atoms with E-state index < -0.39 is 295 Å². The van der Waals surface area contributed by atoms with Crippen LogP contribution in [0.3, 0.4) is 0 Å². The molecule has 654 valence electrons. The number of fused-ring (bicyclic) bond motifs is 10. The molecule has 25 N–H and O–H groups in total. The molecule has 0 radical (unpaired) electrons. The number of amides is 19. The molecule has 1 aromatic rings. The molecule has 0 saturated carbocycles. The normalized spacial score (nSPS) is 27.6. The molecule has 118 heavy (non-hydrogen) atoms. The number of nitrogens with zero attached hydrogens (tertiary/aromatic N) is 2. The van der Waals surface area contributed by atoms with Crippen molar-refractivity contribution in [3.8, 4) is 0 Å². The number of aliphatic hydroxyl groups is 2. The van der Waals surface area contributed by atoms with Crippen LogP contribution in [-0.4, -0.2) is 296 Å². The number of rotatable bonds is 20. The van der Waals surface area contributed by atoms with Gasteiger partial charge < -0.3 is 122 Å². The molecular weight excluding hydrogens is 1630 g/mol. The first-order valence-electron chi connectivity index (χ1n) is 38.1. The molecule has 4 heterocycles. The minimum atomic E-state index is -2.04. The molecule has 19 amide bonds. The van der Waals surface area contributed by atoms with E-state index >= 15 is 9.59 Å². The fourth-order valence-corrected chi connectivity index (χ4v) is 17.2. The van der Waals surface area contributed by atoms with Gasteiger partial charge in [-0.3, -0.25) is 91.1 Å². The van der Waals surface area contributed by atoms with Crippen LogP contribution in [0.1, 0.15) is 112 Å². The number of carbonyl (C=O) groups is 20. The molecule has 1 aromatic carbocycles. The second-order valence-corrected chi connectivity index (χ2v) is 34.5. The minimum Gasteiger partial charge on any atom is -0.480 e. The first kappa shape index (κ1) is 98.5. The Balaban J connectivity index is 1.72. The third-order valence-electron chi connectivity index (χ3n) is 19.2. The fraction of sp³-hybridized carbons (Fsp3) is 0.634. The van der Waals surface area contributed by atoms with Crippen LogP contribution in [-0.2, 0) is 102 Å². The number of nitrogens with one attached hydrogen (secondary N) is 14. The highest BCUT2D eigenvalue weighted by atomic mass is 33.1. The van der Waals surface area contributed by atoms with Crippen molar-refractivity contribution < 1.29 is 111 Å². The molecule has 4 aliphatic heterocycles. The summed E-state index contributed by atoms with van der Waals surface area (Å²) >= 11 is 0. The Morgan fingerprint density at radius 2 is 0.958 bits per heavy atom. The van der Waals surface area contributed by atoms with Gasteiger partial charge in [0.2, 0.25) is 112 Å². The van der Waals surface area contributed by atoms with Gasteiger partial charge in [0.05, 0.1) is 39.0 Å². The first-order chi connectivity index (χ1) is 55.7. The van der Waals surface area contributed by atoms with Gasteiger partial charge in [-0.15, -0.1) is 0 Å². The molecule has 47 heteroatoms. The minimum absolute atomic E-state index is 0.0406. The van der Waals surface area contributed by atoms with Crippen LogP contribution in [0.15, 0.2) is 30.3 Å². The molecule has 4 fully saturated rings. The fourth-order valence-electron chi connectivity index (χ4n) is 12.6. The molecule has 0 unspecified atom stereocenters. The van der Waals surface area contributed by atoms with Crippen LogP contribution >= 0.6 is 43.2 Å². The maximum absolute atomic E-state index is 15.1. The summed E-state index contributed by atoms with van der Waals surface area (Å²) in [5.74, 6) is -26.9. The van der Waals surface area contributed by atoms with Crippen LogP contribution in [0.25, 0.3) is 0 Å². The molecule has 4 aliphatic rings. The van der Waals surface area contributed by atoms with E-state index in [1.54, 1.807) is 51.1 Å². The Bertz CT molecular complexity index is 3840. The van der Waals surface area contributed by atoms with E-state index in [2.05, 4.69) is 74.4 Å². The smallest absolute Gasteiger partial charge is 0.327 e. The summed E-state index contributed by atoms with van der Waals surface area (Å²) in [6.45, 7) is 7.44. The summed E-state index contributed by atoms with van der Waals surface area (Å²) in [5.41, 5.74) is 22.9. The van der Waals surface area contributed by atoms with Gasteiger partial charge in [0, 0.05) is 42.5 Å². The number of hydrogen-bond donors (Lipinski definition) is 21. The lowest BCUT2D eigenvalue weighted by Gasteiger charge is -2.31. The van der Waals surface area contributed by atoms with Crippen molar-refractivity contribution in [2.75, 3.05) is 55.9 Å². The Kier molecular flexibility index (Phi) is 40.1. The Hall–Kier alpha value is -10.1. The van der Waals surface area contributed by atoms with E-state index in [0.29, 0.717) is 27.2 Å². The highest BCUT2D eigenvalue weighted by Crippen LogP contribution is 2.28. The molecule has 0 aliphatic carbocycles. The SMILES string of the molecule is CC[C@H](C)[C@@H]1NC(=O)[C@H](CC(N)=O)NC(=O)[C@@H]2CCCN2C(=O)[C@H](CC(N)=O)NC(=O)[C@H](CC(C)C)NC(=O)[C@H](C(C)C)NC(=O)[C@H](Cc2ccccc2)NC(=O)[C@@H]2CSSC[C@H](NC(=O)CNC(=O)[C@@H](N)CO)C(=O)N[C@@H](CSSC[C@@H](C(=O)O)NC1=O)C(=O)N[C@@H](CO)C(=O)N[C@@H](CC(N)=O)C(=O)N1CCC[C@H]1C(=O)N[C@@H](C)C(=O)N2. The van der Waals surface area contributed by atoms with Gasteiger partial charge in [0.15, 0.2) is 0 Å². The summed E-state index contributed by atoms with van der Waals surface area (Å²) < 4.78 is 0. The van der Waals surface area contributed by atoms with Crippen LogP contribution in [0.4, 0.5) is 0 Å². The number of carboxylic acids is 1. The van der Waals surface area contributed by atoms with Gasteiger partial charge in [0.1, 0.15) is 96.7 Å². The molecule has 2 bridgehead atoms. The Morgan fingerprint density at radius 1 is 0.508 bits per heavy atom. The first-order valence-corrected chi connectivity index (χ1v) is 43.1.